The highest BCUT2D eigenvalue weighted by Gasteiger charge is 2.09. The monoisotopic (exact) mass is 1080 g/mol. The first-order valence-corrected chi connectivity index (χ1v) is 33.6. The van der Waals surface area contributed by atoms with Crippen LogP contribution in [0.4, 0.5) is 0 Å². The van der Waals surface area contributed by atoms with Gasteiger partial charge in [0, 0.05) is 58.5 Å². The van der Waals surface area contributed by atoms with Crippen molar-refractivity contribution in [2.24, 2.45) is 4.99 Å². The molecule has 18 nitrogen and oxygen atoms in total. The Bertz CT molecular complexity index is 971. The Morgan fingerprint density at radius 3 is 0.986 bits per heavy atom. The van der Waals surface area contributed by atoms with Crippen molar-refractivity contribution < 1.29 is 56.8 Å². The van der Waals surface area contributed by atoms with Gasteiger partial charge in [0.1, 0.15) is 0 Å². The average molecular weight is 1080 g/mol. The summed E-state index contributed by atoms with van der Waals surface area (Å²) in [5, 5.41) is 0. The molecule has 1 aliphatic rings. The van der Waals surface area contributed by atoms with Crippen LogP contribution in [0.1, 0.15) is 122 Å². The smallest absolute Gasteiger partial charge is 0.161 e. The number of rotatable bonds is 44. The van der Waals surface area contributed by atoms with Gasteiger partial charge in [-0.05, 0) is 185 Å². The van der Waals surface area contributed by atoms with Crippen molar-refractivity contribution in [3.05, 3.63) is 18.7 Å². The van der Waals surface area contributed by atoms with Gasteiger partial charge in [-0.2, -0.15) is 0 Å². The molecule has 1 aromatic heterocycles. The lowest BCUT2D eigenvalue weighted by Crippen LogP contribution is -2.31. The fraction of sp³-hybridized carbons (Fsp3) is 0.917. The summed E-state index contributed by atoms with van der Waals surface area (Å²) in [5.74, 6) is 0. The number of hydrogen-bond donors (Lipinski definition) is 0. The van der Waals surface area contributed by atoms with Crippen molar-refractivity contribution in [3.8, 4) is 0 Å². The third-order valence-corrected chi connectivity index (χ3v) is 15.2. The molecule has 0 N–H and O–H groups in total. The molecule has 0 saturated carbocycles. The minimum atomic E-state index is -0.268. The van der Waals surface area contributed by atoms with Gasteiger partial charge in [-0.15, -0.1) is 0 Å². The Kier molecular flexibility index (Phi) is 77.9. The third-order valence-electron chi connectivity index (χ3n) is 9.28. The van der Waals surface area contributed by atoms with Crippen LogP contribution in [0.5, 0.6) is 0 Å². The Morgan fingerprint density at radius 2 is 0.729 bits per heavy atom. The molecule has 0 aromatic carbocycles. The minimum absolute atomic E-state index is 0.259. The molecular formula is C48H112N6O12Si4. The predicted octanol–water partition coefficient (Wildman–Crippen LogP) is 6.21. The number of aliphatic imine (C=N–C) groups is 1. The highest BCUT2D eigenvalue weighted by atomic mass is 28.2. The van der Waals surface area contributed by atoms with Gasteiger partial charge in [0.05, 0.1) is 72.1 Å². The first-order valence-electron chi connectivity index (χ1n) is 27.3. The molecule has 1 aromatic rings. The van der Waals surface area contributed by atoms with Gasteiger partial charge in [0.2, 0.25) is 0 Å². The lowest BCUT2D eigenvalue weighted by atomic mass is 10.3. The van der Waals surface area contributed by atoms with Crippen molar-refractivity contribution in [2.75, 3.05) is 138 Å². The maximum atomic E-state index is 5.58. The molecule has 2 heterocycles. The summed E-state index contributed by atoms with van der Waals surface area (Å²) in [6.45, 7) is 43.8. The van der Waals surface area contributed by atoms with Crippen LogP contribution in [0.3, 0.4) is 0 Å². The average Bonchev–Trinajstić information content (AvgIpc) is 4.12. The first-order chi connectivity index (χ1) is 34.4. The van der Waals surface area contributed by atoms with E-state index in [4.69, 9.17) is 17.7 Å². The number of aryl methyl sites for hydroxylation is 1. The zero-order chi connectivity index (χ0) is 52.5. The zero-order valence-electron chi connectivity index (χ0n) is 47.3. The molecule has 0 aliphatic carbocycles. The second-order valence-electron chi connectivity index (χ2n) is 15.1. The molecular weight excluding hydrogens is 965 g/mol. The molecule has 0 spiro atoms. The van der Waals surface area contributed by atoms with E-state index in [1.165, 1.54) is 102 Å². The Labute approximate surface area is 439 Å². The minimum Gasteiger partial charge on any atom is -0.424 e. The molecule has 0 radical (unpaired) electrons. The van der Waals surface area contributed by atoms with Gasteiger partial charge in [-0.25, -0.2) is 44.1 Å². The van der Waals surface area contributed by atoms with E-state index in [-0.39, 0.29) is 39.1 Å². The summed E-state index contributed by atoms with van der Waals surface area (Å²) in [5.41, 5.74) is 0. The molecule has 0 saturated heterocycles. The van der Waals surface area contributed by atoms with Crippen LogP contribution >= 0.6 is 0 Å². The van der Waals surface area contributed by atoms with Crippen molar-refractivity contribution >= 4 is 45.4 Å². The van der Waals surface area contributed by atoms with Crippen LogP contribution in [0.2, 0.25) is 24.2 Å². The van der Waals surface area contributed by atoms with Gasteiger partial charge in [-0.1, -0.05) is 0 Å². The zero-order valence-corrected chi connectivity index (χ0v) is 53.0. The van der Waals surface area contributed by atoms with E-state index in [1.807, 2.05) is 80.4 Å². The molecule has 70 heavy (non-hydrogen) atoms. The van der Waals surface area contributed by atoms with E-state index in [0.29, 0.717) is 52.9 Å². The Balaban J connectivity index is -0.000000426. The highest BCUT2D eigenvalue weighted by molar-refractivity contribution is 6.27. The van der Waals surface area contributed by atoms with Crippen molar-refractivity contribution in [1.29, 1.82) is 0 Å². The van der Waals surface area contributed by atoms with E-state index in [2.05, 4.69) is 96.0 Å². The van der Waals surface area contributed by atoms with Crippen LogP contribution in [0.15, 0.2) is 23.7 Å². The van der Waals surface area contributed by atoms with Crippen LogP contribution < -0.4 is 0 Å². The summed E-state index contributed by atoms with van der Waals surface area (Å²) in [4.78, 5) is 51.9. The van der Waals surface area contributed by atoms with E-state index in [1.54, 1.807) is 0 Å². The van der Waals surface area contributed by atoms with Gasteiger partial charge in [0.15, 0.2) is 39.1 Å². The Morgan fingerprint density at radius 1 is 0.414 bits per heavy atom. The van der Waals surface area contributed by atoms with Crippen LogP contribution in [-0.2, 0) is 63.3 Å². The van der Waals surface area contributed by atoms with Crippen molar-refractivity contribution in [2.45, 2.75) is 152 Å². The van der Waals surface area contributed by atoms with E-state index >= 15 is 0 Å². The molecule has 22 heteroatoms. The number of aromatic nitrogens is 2. The van der Waals surface area contributed by atoms with Crippen molar-refractivity contribution in [3.63, 3.8) is 0 Å². The lowest BCUT2D eigenvalue weighted by Gasteiger charge is -2.23. The van der Waals surface area contributed by atoms with E-state index < -0.39 is 0 Å². The molecule has 0 amide bonds. The summed E-state index contributed by atoms with van der Waals surface area (Å²) in [6, 6.07) is 5.24. The standard InChI is InChI=1S/C16H37N3O2Si2.C16H35N3O2Si2.4C4H10O2/c2*1-3-20-22-14-6-11-18(12-7-15-23-21-4-2)9-5-10-19-13-8-17-16-19;4*1-3-5-6-4-2/h16H,3-15,22-23H2,1-2H3;8,13,16H,3-7,9-12,14-15,22-23H2,1-2H3;4*3-4H2,1-2H3. The molecule has 0 fully saturated rings. The molecule has 0 unspecified atom stereocenters. The second kappa shape index (κ2) is 72.2. The van der Waals surface area contributed by atoms with Crippen LogP contribution in [0, 0.1) is 0 Å². The molecule has 0 atom stereocenters. The molecule has 1 aliphatic heterocycles. The topological polar surface area (TPSA) is 151 Å². The van der Waals surface area contributed by atoms with Gasteiger partial charge in [0.25, 0.3) is 0 Å². The number of imidazole rings is 1. The maximum Gasteiger partial charge on any atom is 0.161 e. The van der Waals surface area contributed by atoms with E-state index in [9.17, 15) is 0 Å². The van der Waals surface area contributed by atoms with Gasteiger partial charge >= 0.3 is 0 Å². The summed E-state index contributed by atoms with van der Waals surface area (Å²) < 4.78 is 24.5. The SMILES string of the molecule is CCOOCC.CCOOCC.CCOOCC.CCOOCC.CCO[SiH2]CCCN(CCC[SiH2]OCC)CCCN1C=NCC1.CCO[SiH2]CCCN(CCC[SiH2]OCC)CCCn1ccnc1. The van der Waals surface area contributed by atoms with Gasteiger partial charge < -0.3 is 37.0 Å². The summed E-state index contributed by atoms with van der Waals surface area (Å²) in [6.07, 6.45) is 15.5. The quantitative estimate of drug-likeness (QED) is 0.0315. The molecule has 422 valence electrons. The fourth-order valence-electron chi connectivity index (χ4n) is 6.05. The second-order valence-corrected chi connectivity index (χ2v) is 21.2. The maximum absolute atomic E-state index is 5.58. The first kappa shape index (κ1) is 75.5. The fourth-order valence-corrected chi connectivity index (χ4v) is 9.74. The molecule has 2 rings (SSSR count). The molecule has 0 bridgehead atoms. The summed E-state index contributed by atoms with van der Waals surface area (Å²) >= 11 is 0. The van der Waals surface area contributed by atoms with Gasteiger partial charge in [-0.3, -0.25) is 4.99 Å². The highest BCUT2D eigenvalue weighted by Crippen LogP contribution is 2.05. The largest absolute Gasteiger partial charge is 0.424 e. The summed E-state index contributed by atoms with van der Waals surface area (Å²) in [7, 11) is -1.05. The van der Waals surface area contributed by atoms with Crippen molar-refractivity contribution in [1.82, 2.24) is 24.3 Å². The van der Waals surface area contributed by atoms with Crippen LogP contribution in [0.25, 0.3) is 0 Å². The van der Waals surface area contributed by atoms with E-state index in [0.717, 1.165) is 52.6 Å². The third kappa shape index (κ3) is 69.1. The number of hydrogen-bond acceptors (Lipinski definition) is 17. The van der Waals surface area contributed by atoms with Crippen LogP contribution in [-0.4, -0.2) is 208 Å². The Hall–Kier alpha value is -1.01. The lowest BCUT2D eigenvalue weighted by molar-refractivity contribution is -0.287. The normalized spacial score (nSPS) is 12.2. The number of nitrogens with zero attached hydrogens (tertiary/aromatic N) is 6. The predicted molar refractivity (Wildman–Crippen MR) is 301 cm³/mol.